The van der Waals surface area contributed by atoms with Crippen LogP contribution >= 0.6 is 0 Å². The topological polar surface area (TPSA) is 61.8 Å². The molecular weight excluding hydrogens is 344 g/mol. The van der Waals surface area contributed by atoms with Crippen LogP contribution in [0.25, 0.3) is 6.08 Å². The molecule has 140 valence electrons. The summed E-state index contributed by atoms with van der Waals surface area (Å²) >= 11 is 0. The highest BCUT2D eigenvalue weighted by Crippen LogP contribution is 2.31. The third-order valence-corrected chi connectivity index (χ3v) is 4.43. The predicted octanol–water partition coefficient (Wildman–Crippen LogP) is 3.90. The molecule has 0 aliphatic carbocycles. The van der Waals surface area contributed by atoms with E-state index in [0.29, 0.717) is 30.3 Å². The fraction of sp³-hybridized carbons (Fsp3) is 0.273. The molecule has 3 rings (SSSR count). The summed E-state index contributed by atoms with van der Waals surface area (Å²) < 4.78 is 16.2. The van der Waals surface area contributed by atoms with Gasteiger partial charge >= 0.3 is 5.97 Å². The quantitative estimate of drug-likeness (QED) is 0.456. The second-order valence-electron chi connectivity index (χ2n) is 6.48. The lowest BCUT2D eigenvalue weighted by Crippen LogP contribution is -2.23. The molecule has 0 bridgehead atoms. The van der Waals surface area contributed by atoms with Gasteiger partial charge in [0.05, 0.1) is 0 Å². The molecule has 0 radical (unpaired) electrons. The third-order valence-electron chi connectivity index (χ3n) is 4.43. The number of ketones is 1. The van der Waals surface area contributed by atoms with Crippen molar-refractivity contribution in [2.24, 2.45) is 0 Å². The molecule has 0 fully saturated rings. The first-order valence-corrected chi connectivity index (χ1v) is 8.84. The number of hydrogen-bond acceptors (Lipinski definition) is 5. The Hall–Kier alpha value is -3.08. The minimum atomic E-state index is -0.857. The van der Waals surface area contributed by atoms with E-state index < -0.39 is 12.1 Å². The van der Waals surface area contributed by atoms with Crippen LogP contribution < -0.4 is 9.47 Å². The molecule has 1 atom stereocenters. The number of carbonyl (C=O) groups excluding carboxylic acids is 2. The summed E-state index contributed by atoms with van der Waals surface area (Å²) in [5.74, 6) is 0.539. The minimum Gasteiger partial charge on any atom is -0.486 e. The molecular formula is C22H22O5. The number of benzene rings is 2. The van der Waals surface area contributed by atoms with Gasteiger partial charge in [-0.1, -0.05) is 18.2 Å². The number of fused-ring (bicyclic) bond motifs is 1. The lowest BCUT2D eigenvalue weighted by atomic mass is 10.0. The molecule has 27 heavy (non-hydrogen) atoms. The molecule has 5 heteroatoms. The highest BCUT2D eigenvalue weighted by molar-refractivity contribution is 6.01. The summed E-state index contributed by atoms with van der Waals surface area (Å²) in [4.78, 5) is 24.5. The smallest absolute Gasteiger partial charge is 0.331 e. The van der Waals surface area contributed by atoms with Crippen molar-refractivity contribution in [3.8, 4) is 11.5 Å². The maximum Gasteiger partial charge on any atom is 0.331 e. The number of Topliss-reactive ketones (excluding diaryl/α,β-unsaturated/α-hetero) is 1. The average molecular weight is 366 g/mol. The summed E-state index contributed by atoms with van der Waals surface area (Å²) in [7, 11) is 0. The Kier molecular flexibility index (Phi) is 5.60. The first-order chi connectivity index (χ1) is 12.9. The van der Waals surface area contributed by atoms with E-state index in [0.717, 1.165) is 16.7 Å². The molecule has 0 aromatic heterocycles. The van der Waals surface area contributed by atoms with E-state index in [1.165, 1.54) is 6.08 Å². The molecule has 1 heterocycles. The van der Waals surface area contributed by atoms with Crippen molar-refractivity contribution in [2.75, 3.05) is 13.2 Å². The predicted molar refractivity (Wildman–Crippen MR) is 102 cm³/mol. The lowest BCUT2D eigenvalue weighted by molar-refractivity contribution is -0.140. The monoisotopic (exact) mass is 366 g/mol. The van der Waals surface area contributed by atoms with Gasteiger partial charge < -0.3 is 14.2 Å². The number of hydrogen-bond donors (Lipinski definition) is 0. The van der Waals surface area contributed by atoms with Crippen molar-refractivity contribution in [2.45, 2.75) is 26.9 Å². The zero-order chi connectivity index (χ0) is 19.4. The molecule has 1 aliphatic heterocycles. The molecule has 0 saturated heterocycles. The van der Waals surface area contributed by atoms with Gasteiger partial charge in [0.1, 0.15) is 13.2 Å². The van der Waals surface area contributed by atoms with Gasteiger partial charge in [-0.15, -0.1) is 0 Å². The van der Waals surface area contributed by atoms with Crippen LogP contribution in [0.3, 0.4) is 0 Å². The van der Waals surface area contributed by atoms with Crippen LogP contribution in [0.5, 0.6) is 11.5 Å². The van der Waals surface area contributed by atoms with E-state index in [-0.39, 0.29) is 5.78 Å². The van der Waals surface area contributed by atoms with Crippen molar-refractivity contribution in [1.29, 1.82) is 0 Å². The van der Waals surface area contributed by atoms with Crippen molar-refractivity contribution in [1.82, 2.24) is 0 Å². The summed E-state index contributed by atoms with van der Waals surface area (Å²) in [6.07, 6.45) is 2.06. The fourth-order valence-corrected chi connectivity index (χ4v) is 2.72. The second-order valence-corrected chi connectivity index (χ2v) is 6.48. The van der Waals surface area contributed by atoms with Gasteiger partial charge in [0.15, 0.2) is 17.6 Å². The zero-order valence-corrected chi connectivity index (χ0v) is 15.7. The number of esters is 1. The summed E-state index contributed by atoms with van der Waals surface area (Å²) in [6.45, 7) is 6.53. The van der Waals surface area contributed by atoms with Gasteiger partial charge in [0.25, 0.3) is 0 Å². The number of carbonyl (C=O) groups is 2. The van der Waals surface area contributed by atoms with E-state index >= 15 is 0 Å². The Bertz CT molecular complexity index is 898. The maximum absolute atomic E-state index is 12.4. The molecule has 0 N–H and O–H groups in total. The van der Waals surface area contributed by atoms with Crippen molar-refractivity contribution in [3.05, 3.63) is 64.7 Å². The summed E-state index contributed by atoms with van der Waals surface area (Å²) in [5.41, 5.74) is 3.45. The highest BCUT2D eigenvalue weighted by atomic mass is 16.6. The lowest BCUT2D eigenvalue weighted by Gasteiger charge is -2.18. The summed E-state index contributed by atoms with van der Waals surface area (Å²) in [6, 6.07) is 10.9. The Morgan fingerprint density at radius 1 is 1.00 bits per heavy atom. The largest absolute Gasteiger partial charge is 0.486 e. The highest BCUT2D eigenvalue weighted by Gasteiger charge is 2.19. The van der Waals surface area contributed by atoms with E-state index in [2.05, 4.69) is 0 Å². The van der Waals surface area contributed by atoms with Crippen LogP contribution in [0, 0.1) is 13.8 Å². The van der Waals surface area contributed by atoms with E-state index in [1.807, 2.05) is 32.0 Å². The van der Waals surface area contributed by atoms with Crippen molar-refractivity contribution >= 4 is 17.8 Å². The standard InChI is InChI=1S/C22H22O5/c1-14-4-7-18(12-15(14)2)22(24)16(3)27-21(23)9-6-17-5-8-19-20(13-17)26-11-10-25-19/h4-9,12-13,16H,10-11H2,1-3H3/b9-6+/t16-/m1/s1. The van der Waals surface area contributed by atoms with Gasteiger partial charge in [0.2, 0.25) is 5.78 Å². The first-order valence-electron chi connectivity index (χ1n) is 8.84. The summed E-state index contributed by atoms with van der Waals surface area (Å²) in [5, 5.41) is 0. The maximum atomic E-state index is 12.4. The van der Waals surface area contributed by atoms with Crippen LogP contribution in [-0.2, 0) is 9.53 Å². The van der Waals surface area contributed by atoms with Gasteiger partial charge in [-0.25, -0.2) is 4.79 Å². The number of aryl methyl sites for hydroxylation is 2. The van der Waals surface area contributed by atoms with E-state index in [9.17, 15) is 9.59 Å². The molecule has 0 spiro atoms. The average Bonchev–Trinajstić information content (AvgIpc) is 2.67. The fourth-order valence-electron chi connectivity index (χ4n) is 2.72. The number of rotatable bonds is 5. The SMILES string of the molecule is Cc1ccc(C(=O)[C@@H](C)OC(=O)/C=C/c2ccc3c(c2)OCCO3)cc1C. The Labute approximate surface area is 158 Å². The Morgan fingerprint density at radius 3 is 2.48 bits per heavy atom. The third kappa shape index (κ3) is 4.56. The molecule has 0 unspecified atom stereocenters. The first kappa shape index (κ1) is 18.7. The van der Waals surface area contributed by atoms with Gasteiger partial charge in [-0.05, 0) is 61.7 Å². The number of ether oxygens (including phenoxy) is 3. The zero-order valence-electron chi connectivity index (χ0n) is 15.7. The van der Waals surface area contributed by atoms with Crippen LogP contribution in [0.15, 0.2) is 42.5 Å². The molecule has 0 saturated carbocycles. The molecule has 1 aliphatic rings. The molecule has 5 nitrogen and oxygen atoms in total. The van der Waals surface area contributed by atoms with Crippen LogP contribution in [0.1, 0.15) is 34.0 Å². The van der Waals surface area contributed by atoms with Gasteiger partial charge in [-0.3, -0.25) is 4.79 Å². The van der Waals surface area contributed by atoms with Crippen LogP contribution in [0.2, 0.25) is 0 Å². The normalized spacial score (nSPS) is 14.0. The van der Waals surface area contributed by atoms with Crippen LogP contribution in [-0.4, -0.2) is 31.1 Å². The van der Waals surface area contributed by atoms with Gasteiger partial charge in [0, 0.05) is 11.6 Å². The van der Waals surface area contributed by atoms with Crippen molar-refractivity contribution < 1.29 is 23.8 Å². The van der Waals surface area contributed by atoms with E-state index in [1.54, 1.807) is 31.2 Å². The minimum absolute atomic E-state index is 0.223. The second kappa shape index (κ2) is 8.08. The Balaban J connectivity index is 1.61. The van der Waals surface area contributed by atoms with Crippen LogP contribution in [0.4, 0.5) is 0 Å². The molecule has 2 aromatic carbocycles. The van der Waals surface area contributed by atoms with Gasteiger partial charge in [-0.2, -0.15) is 0 Å². The Morgan fingerprint density at radius 2 is 1.74 bits per heavy atom. The molecule has 2 aromatic rings. The van der Waals surface area contributed by atoms with E-state index in [4.69, 9.17) is 14.2 Å². The van der Waals surface area contributed by atoms with Crippen molar-refractivity contribution in [3.63, 3.8) is 0 Å². The molecule has 0 amide bonds.